The molecule has 3 heteroatoms. The Bertz CT molecular complexity index is 343. The fourth-order valence-electron chi connectivity index (χ4n) is 2.20. The molecule has 0 radical (unpaired) electrons. The van der Waals surface area contributed by atoms with Crippen molar-refractivity contribution >= 4 is 0 Å². The Balaban J connectivity index is 2.25. The minimum Gasteiger partial charge on any atom is -0.497 e. The van der Waals surface area contributed by atoms with Crippen LogP contribution in [-0.4, -0.2) is 20.8 Å². The van der Waals surface area contributed by atoms with Gasteiger partial charge in [-0.3, -0.25) is 0 Å². The van der Waals surface area contributed by atoms with Gasteiger partial charge in [0, 0.05) is 12.1 Å². The molecule has 1 aromatic rings. The van der Waals surface area contributed by atoms with Crippen LogP contribution in [0.4, 0.5) is 0 Å². The highest BCUT2D eigenvalue weighted by molar-refractivity contribution is 5.40. The van der Waals surface area contributed by atoms with Gasteiger partial charge < -0.3 is 14.8 Å². The van der Waals surface area contributed by atoms with Crippen molar-refractivity contribution < 1.29 is 9.47 Å². The molecule has 1 N–H and O–H groups in total. The molecule has 88 valence electrons. The van der Waals surface area contributed by atoms with E-state index in [9.17, 15) is 0 Å². The first-order chi connectivity index (χ1) is 7.72. The van der Waals surface area contributed by atoms with Crippen molar-refractivity contribution in [1.29, 1.82) is 0 Å². The number of hydrogen-bond acceptors (Lipinski definition) is 3. The number of rotatable bonds is 3. The van der Waals surface area contributed by atoms with Crippen molar-refractivity contribution in [2.75, 3.05) is 20.8 Å². The van der Waals surface area contributed by atoms with Gasteiger partial charge in [0.05, 0.1) is 14.2 Å². The van der Waals surface area contributed by atoms with Gasteiger partial charge >= 0.3 is 0 Å². The molecule has 2 atom stereocenters. The molecule has 1 heterocycles. The van der Waals surface area contributed by atoms with Crippen LogP contribution in [-0.2, 0) is 0 Å². The largest absolute Gasteiger partial charge is 0.497 e. The van der Waals surface area contributed by atoms with E-state index >= 15 is 0 Å². The van der Waals surface area contributed by atoms with Gasteiger partial charge in [-0.2, -0.15) is 0 Å². The maximum atomic E-state index is 5.28. The van der Waals surface area contributed by atoms with Gasteiger partial charge in [-0.25, -0.2) is 0 Å². The van der Waals surface area contributed by atoms with Gasteiger partial charge in [-0.15, -0.1) is 0 Å². The molecule has 1 aliphatic heterocycles. The van der Waals surface area contributed by atoms with Gasteiger partial charge in [0.1, 0.15) is 11.5 Å². The molecular weight excluding hydrogens is 202 g/mol. The molecule has 0 spiro atoms. The maximum absolute atomic E-state index is 5.28. The molecule has 3 nitrogen and oxygen atoms in total. The average Bonchev–Trinajstić information content (AvgIpc) is 2.75. The topological polar surface area (TPSA) is 30.5 Å². The molecule has 2 unspecified atom stereocenters. The second-order valence-electron chi connectivity index (χ2n) is 4.45. The van der Waals surface area contributed by atoms with E-state index in [1.54, 1.807) is 14.2 Å². The first-order valence-corrected chi connectivity index (χ1v) is 5.69. The number of nitrogens with one attached hydrogen (secondary N) is 1. The van der Waals surface area contributed by atoms with Crippen molar-refractivity contribution in [2.45, 2.75) is 19.4 Å². The van der Waals surface area contributed by atoms with Gasteiger partial charge in [0.2, 0.25) is 0 Å². The Morgan fingerprint density at radius 2 is 1.75 bits per heavy atom. The molecule has 2 rings (SSSR count). The van der Waals surface area contributed by atoms with Crippen molar-refractivity contribution in [3.05, 3.63) is 23.8 Å². The molecule has 0 amide bonds. The highest BCUT2D eigenvalue weighted by Gasteiger charge is 2.22. The third-order valence-corrected chi connectivity index (χ3v) is 3.13. The van der Waals surface area contributed by atoms with Crippen LogP contribution >= 0.6 is 0 Å². The Hall–Kier alpha value is -1.22. The van der Waals surface area contributed by atoms with E-state index in [1.165, 1.54) is 12.0 Å². The molecule has 0 saturated carbocycles. The van der Waals surface area contributed by atoms with Gasteiger partial charge in [-0.05, 0) is 36.6 Å². The van der Waals surface area contributed by atoms with Crippen molar-refractivity contribution in [1.82, 2.24) is 5.32 Å². The second kappa shape index (κ2) is 4.74. The van der Waals surface area contributed by atoms with Crippen LogP contribution in [0.5, 0.6) is 11.5 Å². The summed E-state index contributed by atoms with van der Waals surface area (Å²) < 4.78 is 10.6. The predicted octanol–water partition coefficient (Wildman–Crippen LogP) is 2.37. The number of hydrogen-bond donors (Lipinski definition) is 1. The Kier molecular flexibility index (Phi) is 3.34. The summed E-state index contributed by atoms with van der Waals surface area (Å²) in [5, 5.41) is 3.51. The monoisotopic (exact) mass is 221 g/mol. The predicted molar refractivity (Wildman–Crippen MR) is 64.1 cm³/mol. The van der Waals surface area contributed by atoms with Crippen molar-refractivity contribution in [3.8, 4) is 11.5 Å². The SMILES string of the molecule is COc1cc(OC)cc(C2CC(C)CN2)c1. The summed E-state index contributed by atoms with van der Waals surface area (Å²) in [6.45, 7) is 3.36. The van der Waals surface area contributed by atoms with E-state index in [4.69, 9.17) is 9.47 Å². The summed E-state index contributed by atoms with van der Waals surface area (Å²) in [4.78, 5) is 0. The molecule has 1 fully saturated rings. The molecule has 1 aromatic carbocycles. The third-order valence-electron chi connectivity index (χ3n) is 3.13. The molecule has 0 bridgehead atoms. The maximum Gasteiger partial charge on any atom is 0.122 e. The second-order valence-corrected chi connectivity index (χ2v) is 4.45. The molecule has 16 heavy (non-hydrogen) atoms. The lowest BCUT2D eigenvalue weighted by atomic mass is 10.0. The van der Waals surface area contributed by atoms with E-state index in [0.717, 1.165) is 24.0 Å². The number of ether oxygens (including phenoxy) is 2. The van der Waals surface area contributed by atoms with Crippen LogP contribution in [0.15, 0.2) is 18.2 Å². The quantitative estimate of drug-likeness (QED) is 0.850. The lowest BCUT2D eigenvalue weighted by Crippen LogP contribution is -2.13. The summed E-state index contributed by atoms with van der Waals surface area (Å²) in [6, 6.07) is 6.50. The van der Waals surface area contributed by atoms with Crippen LogP contribution in [0.1, 0.15) is 24.9 Å². The highest BCUT2D eigenvalue weighted by Crippen LogP contribution is 2.32. The minimum absolute atomic E-state index is 0.430. The summed E-state index contributed by atoms with van der Waals surface area (Å²) in [5.41, 5.74) is 1.25. The minimum atomic E-state index is 0.430. The smallest absolute Gasteiger partial charge is 0.122 e. The van der Waals surface area contributed by atoms with Crippen LogP contribution < -0.4 is 14.8 Å². The summed E-state index contributed by atoms with van der Waals surface area (Å²) >= 11 is 0. The third kappa shape index (κ3) is 2.30. The standard InChI is InChI=1S/C13H19NO2/c1-9-4-13(14-8-9)10-5-11(15-2)7-12(6-10)16-3/h5-7,9,13-14H,4,8H2,1-3H3. The molecular formula is C13H19NO2. The van der Waals surface area contributed by atoms with Gasteiger partial charge in [-0.1, -0.05) is 6.92 Å². The van der Waals surface area contributed by atoms with Gasteiger partial charge in [0.25, 0.3) is 0 Å². The van der Waals surface area contributed by atoms with Crippen molar-refractivity contribution in [2.24, 2.45) is 5.92 Å². The molecule has 0 aliphatic carbocycles. The summed E-state index contributed by atoms with van der Waals surface area (Å²) in [7, 11) is 3.37. The van der Waals surface area contributed by atoms with Crippen LogP contribution in [0.25, 0.3) is 0 Å². The Labute approximate surface area is 96.8 Å². The van der Waals surface area contributed by atoms with Crippen LogP contribution in [0, 0.1) is 5.92 Å². The van der Waals surface area contributed by atoms with Gasteiger partial charge in [0.15, 0.2) is 0 Å². The summed E-state index contributed by atoms with van der Waals surface area (Å²) in [5.74, 6) is 2.45. The molecule has 1 aliphatic rings. The number of methoxy groups -OCH3 is 2. The van der Waals surface area contributed by atoms with E-state index in [0.29, 0.717) is 6.04 Å². The van der Waals surface area contributed by atoms with E-state index in [1.807, 2.05) is 6.07 Å². The zero-order valence-corrected chi connectivity index (χ0v) is 10.1. The summed E-state index contributed by atoms with van der Waals surface area (Å²) in [6.07, 6.45) is 1.18. The normalized spacial score (nSPS) is 24.4. The highest BCUT2D eigenvalue weighted by atomic mass is 16.5. The first kappa shape index (κ1) is 11.3. The van der Waals surface area contributed by atoms with Crippen LogP contribution in [0.2, 0.25) is 0 Å². The fourth-order valence-corrected chi connectivity index (χ4v) is 2.20. The Morgan fingerprint density at radius 3 is 2.19 bits per heavy atom. The lowest BCUT2D eigenvalue weighted by molar-refractivity contribution is 0.392. The number of benzene rings is 1. The zero-order valence-electron chi connectivity index (χ0n) is 10.1. The average molecular weight is 221 g/mol. The lowest BCUT2D eigenvalue weighted by Gasteiger charge is -2.14. The fraction of sp³-hybridized carbons (Fsp3) is 0.538. The molecule has 0 aromatic heterocycles. The first-order valence-electron chi connectivity index (χ1n) is 5.69. The van der Waals surface area contributed by atoms with E-state index < -0.39 is 0 Å². The van der Waals surface area contributed by atoms with E-state index in [-0.39, 0.29) is 0 Å². The zero-order chi connectivity index (χ0) is 11.5. The van der Waals surface area contributed by atoms with Crippen molar-refractivity contribution in [3.63, 3.8) is 0 Å². The van der Waals surface area contributed by atoms with E-state index in [2.05, 4.69) is 24.4 Å². The Morgan fingerprint density at radius 1 is 1.12 bits per heavy atom. The molecule has 1 saturated heterocycles. The van der Waals surface area contributed by atoms with Crippen LogP contribution in [0.3, 0.4) is 0 Å².